The Morgan fingerprint density at radius 2 is 2.14 bits per heavy atom. The molecule has 0 aromatic heterocycles. The molecule has 0 spiro atoms. The Hall–Kier alpha value is -1.55. The quantitative estimate of drug-likeness (QED) is 0.813. The molecule has 2 N–H and O–H groups in total. The van der Waals surface area contributed by atoms with Crippen molar-refractivity contribution in [3.8, 4) is 5.75 Å². The molecule has 0 aliphatic heterocycles. The summed E-state index contributed by atoms with van der Waals surface area (Å²) in [6, 6.07) is 7.29. The Labute approximate surface area is 132 Å². The highest BCUT2D eigenvalue weighted by Crippen LogP contribution is 2.27. The van der Waals surface area contributed by atoms with E-state index in [2.05, 4.69) is 5.32 Å². The van der Waals surface area contributed by atoms with Crippen molar-refractivity contribution in [2.45, 2.75) is 51.0 Å². The average molecular weight is 305 g/mol. The zero-order valence-electron chi connectivity index (χ0n) is 13.4. The minimum Gasteiger partial charge on any atom is -0.497 e. The lowest BCUT2D eigenvalue weighted by Crippen LogP contribution is -2.28. The van der Waals surface area contributed by atoms with Gasteiger partial charge in [-0.05, 0) is 30.0 Å². The van der Waals surface area contributed by atoms with Gasteiger partial charge in [0, 0.05) is 13.0 Å². The second-order valence-electron chi connectivity index (χ2n) is 6.14. The molecular weight excluding hydrogens is 278 g/mol. The van der Waals surface area contributed by atoms with Gasteiger partial charge in [-0.1, -0.05) is 44.2 Å². The molecule has 2 rings (SSSR count). The molecular formula is C18H27NO3. The molecule has 122 valence electrons. The number of aliphatic hydroxyl groups excluding tert-OH is 1. The molecule has 4 heteroatoms. The van der Waals surface area contributed by atoms with Crippen molar-refractivity contribution in [2.24, 2.45) is 5.92 Å². The molecule has 0 radical (unpaired) electrons. The number of aliphatic hydroxyl groups is 1. The van der Waals surface area contributed by atoms with Gasteiger partial charge >= 0.3 is 0 Å². The Morgan fingerprint density at radius 3 is 2.86 bits per heavy atom. The van der Waals surface area contributed by atoms with Crippen molar-refractivity contribution in [3.05, 3.63) is 29.8 Å². The normalized spacial score (nSPS) is 17.0. The predicted molar refractivity (Wildman–Crippen MR) is 86.8 cm³/mol. The first kappa shape index (κ1) is 16.8. The average Bonchev–Trinajstić information content (AvgIpc) is 2.58. The van der Waals surface area contributed by atoms with Crippen LogP contribution in [0.15, 0.2) is 24.3 Å². The summed E-state index contributed by atoms with van der Waals surface area (Å²) in [6.07, 6.45) is 7.32. The van der Waals surface area contributed by atoms with Crippen LogP contribution in [0.3, 0.4) is 0 Å². The molecule has 1 saturated carbocycles. The summed E-state index contributed by atoms with van der Waals surface area (Å²) in [5, 5.41) is 13.0. The van der Waals surface area contributed by atoms with Crippen molar-refractivity contribution in [3.63, 3.8) is 0 Å². The number of hydrogen-bond donors (Lipinski definition) is 2. The Morgan fingerprint density at radius 1 is 1.36 bits per heavy atom. The lowest BCUT2D eigenvalue weighted by molar-refractivity contribution is -0.121. The van der Waals surface area contributed by atoms with Crippen molar-refractivity contribution in [2.75, 3.05) is 13.7 Å². The lowest BCUT2D eigenvalue weighted by Gasteiger charge is -2.21. The highest BCUT2D eigenvalue weighted by Gasteiger charge is 2.15. The summed E-state index contributed by atoms with van der Waals surface area (Å²) in [5.74, 6) is 1.45. The van der Waals surface area contributed by atoms with E-state index in [1.165, 1.54) is 32.1 Å². The molecule has 1 fully saturated rings. The van der Waals surface area contributed by atoms with E-state index in [4.69, 9.17) is 4.74 Å². The second kappa shape index (κ2) is 8.79. The maximum Gasteiger partial charge on any atom is 0.220 e. The van der Waals surface area contributed by atoms with E-state index in [1.807, 2.05) is 18.2 Å². The zero-order valence-corrected chi connectivity index (χ0v) is 13.4. The highest BCUT2D eigenvalue weighted by molar-refractivity contribution is 5.75. The first-order chi connectivity index (χ1) is 10.7. The van der Waals surface area contributed by atoms with E-state index in [0.29, 0.717) is 18.1 Å². The van der Waals surface area contributed by atoms with Gasteiger partial charge in [0.05, 0.1) is 13.2 Å². The van der Waals surface area contributed by atoms with E-state index in [1.54, 1.807) is 13.2 Å². The van der Waals surface area contributed by atoms with Crippen LogP contribution in [0, 0.1) is 5.92 Å². The minimum atomic E-state index is -0.700. The maximum absolute atomic E-state index is 11.9. The van der Waals surface area contributed by atoms with Crippen molar-refractivity contribution < 1.29 is 14.6 Å². The van der Waals surface area contributed by atoms with Crippen LogP contribution in [0.25, 0.3) is 0 Å². The fourth-order valence-electron chi connectivity index (χ4n) is 3.08. The molecule has 1 aromatic carbocycles. The van der Waals surface area contributed by atoms with Crippen LogP contribution >= 0.6 is 0 Å². The van der Waals surface area contributed by atoms with Crippen LogP contribution in [-0.2, 0) is 4.79 Å². The third-order valence-electron chi connectivity index (χ3n) is 4.48. The van der Waals surface area contributed by atoms with E-state index in [9.17, 15) is 9.90 Å². The SMILES string of the molecule is COc1cccc(C(O)CNC(=O)CCC2CCCCC2)c1. The van der Waals surface area contributed by atoms with Crippen LogP contribution < -0.4 is 10.1 Å². The summed E-state index contributed by atoms with van der Waals surface area (Å²) < 4.78 is 5.14. The van der Waals surface area contributed by atoms with Crippen LogP contribution in [0.5, 0.6) is 5.75 Å². The molecule has 22 heavy (non-hydrogen) atoms. The number of amides is 1. The number of methoxy groups -OCH3 is 1. The minimum absolute atomic E-state index is 0.0347. The molecule has 1 unspecified atom stereocenters. The van der Waals surface area contributed by atoms with E-state index >= 15 is 0 Å². The van der Waals surface area contributed by atoms with Crippen molar-refractivity contribution in [1.82, 2.24) is 5.32 Å². The van der Waals surface area contributed by atoms with Crippen molar-refractivity contribution >= 4 is 5.91 Å². The Kier molecular flexibility index (Phi) is 6.72. The summed E-state index contributed by atoms with van der Waals surface area (Å²) in [6.45, 7) is 0.247. The monoisotopic (exact) mass is 305 g/mol. The standard InChI is InChI=1S/C18H27NO3/c1-22-16-9-5-8-15(12-16)17(20)13-19-18(21)11-10-14-6-3-2-4-7-14/h5,8-9,12,14,17,20H,2-4,6-7,10-11,13H2,1H3,(H,19,21). The fraction of sp³-hybridized carbons (Fsp3) is 0.611. The predicted octanol–water partition coefficient (Wildman–Crippen LogP) is 3.21. The Bertz CT molecular complexity index is 469. The van der Waals surface area contributed by atoms with Crippen molar-refractivity contribution in [1.29, 1.82) is 0 Å². The van der Waals surface area contributed by atoms with Gasteiger partial charge in [0.15, 0.2) is 0 Å². The van der Waals surface area contributed by atoms with Gasteiger partial charge in [-0.3, -0.25) is 4.79 Å². The summed E-state index contributed by atoms with van der Waals surface area (Å²) in [7, 11) is 1.60. The number of benzene rings is 1. The van der Waals surface area contributed by atoms with Gasteiger partial charge < -0.3 is 15.2 Å². The number of carbonyl (C=O) groups is 1. The molecule has 0 saturated heterocycles. The van der Waals surface area contributed by atoms with Gasteiger partial charge in [-0.15, -0.1) is 0 Å². The lowest BCUT2D eigenvalue weighted by atomic mass is 9.86. The van der Waals surface area contributed by atoms with E-state index < -0.39 is 6.10 Å². The molecule has 0 heterocycles. The molecule has 1 amide bonds. The maximum atomic E-state index is 11.9. The summed E-state index contributed by atoms with van der Waals surface area (Å²) >= 11 is 0. The molecule has 1 aliphatic rings. The third-order valence-corrected chi connectivity index (χ3v) is 4.48. The molecule has 1 aromatic rings. The summed E-state index contributed by atoms with van der Waals surface area (Å²) in [4.78, 5) is 11.9. The second-order valence-corrected chi connectivity index (χ2v) is 6.14. The number of nitrogens with one attached hydrogen (secondary N) is 1. The first-order valence-electron chi connectivity index (χ1n) is 8.27. The van der Waals surface area contributed by atoms with Gasteiger partial charge in [-0.25, -0.2) is 0 Å². The number of hydrogen-bond acceptors (Lipinski definition) is 3. The van der Waals surface area contributed by atoms with Crippen LogP contribution in [0.2, 0.25) is 0 Å². The topological polar surface area (TPSA) is 58.6 Å². The van der Waals surface area contributed by atoms with E-state index in [-0.39, 0.29) is 12.5 Å². The largest absolute Gasteiger partial charge is 0.497 e. The van der Waals surface area contributed by atoms with Gasteiger partial charge in [-0.2, -0.15) is 0 Å². The molecule has 4 nitrogen and oxygen atoms in total. The molecule has 0 bridgehead atoms. The number of carbonyl (C=O) groups excluding carboxylic acids is 1. The molecule has 1 aliphatic carbocycles. The van der Waals surface area contributed by atoms with Crippen LogP contribution in [0.1, 0.15) is 56.6 Å². The molecule has 1 atom stereocenters. The third kappa shape index (κ3) is 5.34. The van der Waals surface area contributed by atoms with E-state index in [0.717, 1.165) is 12.0 Å². The van der Waals surface area contributed by atoms with Gasteiger partial charge in [0.1, 0.15) is 5.75 Å². The zero-order chi connectivity index (χ0) is 15.8. The Balaban J connectivity index is 1.70. The highest BCUT2D eigenvalue weighted by atomic mass is 16.5. The van der Waals surface area contributed by atoms with Gasteiger partial charge in [0.2, 0.25) is 5.91 Å². The smallest absolute Gasteiger partial charge is 0.220 e. The number of rotatable bonds is 7. The number of ether oxygens (including phenoxy) is 1. The first-order valence-corrected chi connectivity index (χ1v) is 8.27. The van der Waals surface area contributed by atoms with Gasteiger partial charge in [0.25, 0.3) is 0 Å². The fourth-order valence-corrected chi connectivity index (χ4v) is 3.08. The van der Waals surface area contributed by atoms with Crippen LogP contribution in [0.4, 0.5) is 0 Å². The van der Waals surface area contributed by atoms with Crippen LogP contribution in [-0.4, -0.2) is 24.7 Å². The summed E-state index contributed by atoms with van der Waals surface area (Å²) in [5.41, 5.74) is 0.756.